The van der Waals surface area contributed by atoms with Crippen LogP contribution in [0.4, 0.5) is 5.82 Å². The van der Waals surface area contributed by atoms with Gasteiger partial charge in [-0.3, -0.25) is 4.98 Å². The molecule has 2 aromatic heterocycles. The Labute approximate surface area is 136 Å². The average molecular weight is 308 g/mol. The number of fused-ring (bicyclic) bond motifs is 1. The number of ether oxygens (including phenoxy) is 1. The van der Waals surface area contributed by atoms with Crippen LogP contribution in [0.3, 0.4) is 0 Å². The molecule has 0 saturated carbocycles. The molecular weight excluding hydrogens is 288 g/mol. The number of aromatic nitrogens is 3. The molecule has 118 valence electrons. The summed E-state index contributed by atoms with van der Waals surface area (Å²) in [6, 6.07) is 10.0. The zero-order chi connectivity index (χ0) is 16.1. The molecule has 0 atom stereocenters. The molecule has 0 aliphatic heterocycles. The number of rotatable bonds is 6. The lowest BCUT2D eigenvalue weighted by Gasteiger charge is -2.23. The van der Waals surface area contributed by atoms with Crippen LogP contribution < -0.4 is 9.64 Å². The molecule has 23 heavy (non-hydrogen) atoms. The summed E-state index contributed by atoms with van der Waals surface area (Å²) in [4.78, 5) is 15.2. The van der Waals surface area contributed by atoms with Crippen LogP contribution in [0, 0.1) is 0 Å². The number of benzene rings is 1. The van der Waals surface area contributed by atoms with E-state index in [-0.39, 0.29) is 0 Å². The molecular formula is C18H20N4O. The minimum absolute atomic E-state index is 0.807. The van der Waals surface area contributed by atoms with Gasteiger partial charge in [0.05, 0.1) is 12.6 Å². The summed E-state index contributed by atoms with van der Waals surface area (Å²) < 4.78 is 5.27. The van der Waals surface area contributed by atoms with Crippen molar-refractivity contribution in [2.24, 2.45) is 0 Å². The number of nitrogens with zero attached hydrogens (tertiary/aromatic N) is 4. The Bertz CT molecular complexity index is 776. The van der Waals surface area contributed by atoms with Crippen molar-refractivity contribution < 1.29 is 4.74 Å². The summed E-state index contributed by atoms with van der Waals surface area (Å²) in [5.41, 5.74) is 2.18. The van der Waals surface area contributed by atoms with E-state index in [2.05, 4.69) is 38.9 Å². The topological polar surface area (TPSA) is 51.1 Å². The zero-order valence-electron chi connectivity index (χ0n) is 13.4. The molecule has 3 aromatic rings. The fraction of sp³-hybridized carbons (Fsp3) is 0.278. The molecule has 0 N–H and O–H groups in total. The SMILES string of the molecule is CCN(CCc1ccncc1)c1ncnc2cc(OC)ccc12. The molecule has 0 bridgehead atoms. The van der Waals surface area contributed by atoms with Gasteiger partial charge in [0.2, 0.25) is 0 Å². The van der Waals surface area contributed by atoms with Crippen LogP contribution in [0.15, 0.2) is 49.1 Å². The first-order chi connectivity index (χ1) is 11.3. The van der Waals surface area contributed by atoms with E-state index in [1.165, 1.54) is 5.56 Å². The van der Waals surface area contributed by atoms with E-state index in [9.17, 15) is 0 Å². The quantitative estimate of drug-likeness (QED) is 0.700. The molecule has 0 aliphatic rings. The molecule has 0 saturated heterocycles. The summed E-state index contributed by atoms with van der Waals surface area (Å²) in [7, 11) is 1.66. The first-order valence-corrected chi connectivity index (χ1v) is 7.74. The van der Waals surface area contributed by atoms with Crippen molar-refractivity contribution in [3.05, 3.63) is 54.6 Å². The van der Waals surface area contributed by atoms with Crippen molar-refractivity contribution >= 4 is 16.7 Å². The third kappa shape index (κ3) is 3.39. The highest BCUT2D eigenvalue weighted by atomic mass is 16.5. The summed E-state index contributed by atoms with van der Waals surface area (Å²) in [5.74, 6) is 1.77. The number of hydrogen-bond donors (Lipinski definition) is 0. The maximum absolute atomic E-state index is 5.27. The van der Waals surface area contributed by atoms with Crippen molar-refractivity contribution in [2.75, 3.05) is 25.1 Å². The smallest absolute Gasteiger partial charge is 0.139 e. The highest BCUT2D eigenvalue weighted by Gasteiger charge is 2.11. The lowest BCUT2D eigenvalue weighted by atomic mass is 10.1. The number of likely N-dealkylation sites (N-methyl/N-ethyl adjacent to an activating group) is 1. The number of methoxy groups -OCH3 is 1. The van der Waals surface area contributed by atoms with Crippen molar-refractivity contribution in [3.8, 4) is 5.75 Å². The predicted molar refractivity (Wildman–Crippen MR) is 91.9 cm³/mol. The number of pyridine rings is 1. The molecule has 0 radical (unpaired) electrons. The maximum atomic E-state index is 5.27. The van der Waals surface area contributed by atoms with Gasteiger partial charge in [-0.05, 0) is 43.2 Å². The van der Waals surface area contributed by atoms with Gasteiger partial charge in [-0.1, -0.05) is 0 Å². The van der Waals surface area contributed by atoms with Crippen LogP contribution in [-0.2, 0) is 6.42 Å². The van der Waals surface area contributed by atoms with Gasteiger partial charge >= 0.3 is 0 Å². The van der Waals surface area contributed by atoms with Crippen molar-refractivity contribution in [3.63, 3.8) is 0 Å². The van der Waals surface area contributed by atoms with Crippen molar-refractivity contribution in [2.45, 2.75) is 13.3 Å². The van der Waals surface area contributed by atoms with Gasteiger partial charge in [-0.2, -0.15) is 0 Å². The van der Waals surface area contributed by atoms with Crippen LogP contribution in [0.25, 0.3) is 10.9 Å². The van der Waals surface area contributed by atoms with Gasteiger partial charge in [0.25, 0.3) is 0 Å². The largest absolute Gasteiger partial charge is 0.497 e. The summed E-state index contributed by atoms with van der Waals surface area (Å²) in [5, 5.41) is 1.05. The lowest BCUT2D eigenvalue weighted by molar-refractivity contribution is 0.415. The Hall–Kier alpha value is -2.69. The molecule has 3 rings (SSSR count). The van der Waals surface area contributed by atoms with Gasteiger partial charge in [-0.25, -0.2) is 9.97 Å². The Morgan fingerprint density at radius 2 is 1.91 bits per heavy atom. The standard InChI is InChI=1S/C18H20N4O/c1-3-22(11-8-14-6-9-19-10-7-14)18-16-5-4-15(23-2)12-17(16)20-13-21-18/h4-7,9-10,12-13H,3,8,11H2,1-2H3. The average Bonchev–Trinajstić information content (AvgIpc) is 2.62. The highest BCUT2D eigenvalue weighted by Crippen LogP contribution is 2.26. The van der Waals surface area contributed by atoms with Gasteiger partial charge in [-0.15, -0.1) is 0 Å². The molecule has 2 heterocycles. The maximum Gasteiger partial charge on any atom is 0.139 e. The lowest BCUT2D eigenvalue weighted by Crippen LogP contribution is -2.26. The van der Waals surface area contributed by atoms with E-state index >= 15 is 0 Å². The highest BCUT2D eigenvalue weighted by molar-refractivity contribution is 5.90. The second-order valence-corrected chi connectivity index (χ2v) is 5.27. The predicted octanol–water partition coefficient (Wildman–Crippen LogP) is 3.10. The van der Waals surface area contributed by atoms with Crippen LogP contribution in [0.5, 0.6) is 5.75 Å². The second-order valence-electron chi connectivity index (χ2n) is 5.27. The molecule has 0 fully saturated rings. The van der Waals surface area contributed by atoms with E-state index in [0.29, 0.717) is 0 Å². The first kappa shape index (κ1) is 15.2. The monoisotopic (exact) mass is 308 g/mol. The van der Waals surface area contributed by atoms with E-state index in [4.69, 9.17) is 4.74 Å². The Kier molecular flexibility index (Phi) is 4.66. The Morgan fingerprint density at radius 1 is 1.09 bits per heavy atom. The van der Waals surface area contributed by atoms with Gasteiger partial charge in [0, 0.05) is 36.9 Å². The molecule has 5 heteroatoms. The second kappa shape index (κ2) is 7.05. The minimum atomic E-state index is 0.807. The molecule has 1 aromatic carbocycles. The van der Waals surface area contributed by atoms with E-state index in [1.807, 2.05) is 30.6 Å². The Balaban J connectivity index is 1.87. The van der Waals surface area contributed by atoms with E-state index < -0.39 is 0 Å². The van der Waals surface area contributed by atoms with Crippen molar-refractivity contribution in [1.29, 1.82) is 0 Å². The molecule has 0 aliphatic carbocycles. The van der Waals surface area contributed by atoms with E-state index in [0.717, 1.165) is 42.0 Å². The normalized spacial score (nSPS) is 10.7. The third-order valence-corrected chi connectivity index (χ3v) is 3.92. The Morgan fingerprint density at radius 3 is 2.65 bits per heavy atom. The van der Waals surface area contributed by atoms with Crippen LogP contribution >= 0.6 is 0 Å². The van der Waals surface area contributed by atoms with Gasteiger partial charge in [0.15, 0.2) is 0 Å². The van der Waals surface area contributed by atoms with Crippen LogP contribution in [0.1, 0.15) is 12.5 Å². The fourth-order valence-electron chi connectivity index (χ4n) is 2.63. The first-order valence-electron chi connectivity index (χ1n) is 7.74. The third-order valence-electron chi connectivity index (χ3n) is 3.92. The minimum Gasteiger partial charge on any atom is -0.497 e. The molecule has 0 unspecified atom stereocenters. The van der Waals surface area contributed by atoms with E-state index in [1.54, 1.807) is 13.4 Å². The molecule has 0 spiro atoms. The number of anilines is 1. The molecule has 5 nitrogen and oxygen atoms in total. The fourth-order valence-corrected chi connectivity index (χ4v) is 2.63. The summed E-state index contributed by atoms with van der Waals surface area (Å²) in [6.07, 6.45) is 6.24. The molecule has 0 amide bonds. The summed E-state index contributed by atoms with van der Waals surface area (Å²) in [6.45, 7) is 3.94. The van der Waals surface area contributed by atoms with Gasteiger partial charge in [0.1, 0.15) is 17.9 Å². The van der Waals surface area contributed by atoms with Crippen LogP contribution in [-0.4, -0.2) is 35.2 Å². The van der Waals surface area contributed by atoms with Crippen molar-refractivity contribution in [1.82, 2.24) is 15.0 Å². The van der Waals surface area contributed by atoms with Crippen LogP contribution in [0.2, 0.25) is 0 Å². The zero-order valence-corrected chi connectivity index (χ0v) is 13.4. The van der Waals surface area contributed by atoms with Gasteiger partial charge < -0.3 is 9.64 Å². The number of hydrogen-bond acceptors (Lipinski definition) is 5. The summed E-state index contributed by atoms with van der Waals surface area (Å²) >= 11 is 0.